The van der Waals surface area contributed by atoms with Gasteiger partial charge in [-0.1, -0.05) is 24.3 Å². The molecule has 8 nitrogen and oxygen atoms in total. The van der Waals surface area contributed by atoms with Gasteiger partial charge in [-0.25, -0.2) is 18.4 Å². The lowest BCUT2D eigenvalue weighted by atomic mass is 10.0. The minimum Gasteiger partial charge on any atom is -0.349 e. The number of nitrogens with one attached hydrogen (secondary N) is 2. The quantitative estimate of drug-likeness (QED) is 0.614. The summed E-state index contributed by atoms with van der Waals surface area (Å²) in [7, 11) is -3.71. The van der Waals surface area contributed by atoms with Crippen LogP contribution in [0.2, 0.25) is 0 Å². The minimum atomic E-state index is -3.71. The number of hydrogen-bond acceptors (Lipinski definition) is 6. The number of rotatable bonds is 6. The van der Waals surface area contributed by atoms with Crippen molar-refractivity contribution in [3.05, 3.63) is 78.6 Å². The summed E-state index contributed by atoms with van der Waals surface area (Å²) in [5.74, 6) is 0.473. The molecule has 0 aliphatic carbocycles. The lowest BCUT2D eigenvalue weighted by Crippen LogP contribution is -2.45. The Bertz CT molecular complexity index is 1130. The SMILES string of the molecule is O=C(NC1CCN(c2ncccn2)CC1)c1cccc(NS(=O)(=O)c2ccccc2)c1. The van der Waals surface area contributed by atoms with E-state index >= 15 is 0 Å². The van der Waals surface area contributed by atoms with Crippen molar-refractivity contribution in [2.45, 2.75) is 23.8 Å². The first-order valence-electron chi connectivity index (χ1n) is 10.0. The molecule has 0 saturated carbocycles. The van der Waals surface area contributed by atoms with Crippen molar-refractivity contribution in [2.75, 3.05) is 22.7 Å². The summed E-state index contributed by atoms with van der Waals surface area (Å²) in [5, 5.41) is 3.05. The predicted molar refractivity (Wildman–Crippen MR) is 118 cm³/mol. The molecule has 1 aromatic heterocycles. The van der Waals surface area contributed by atoms with Gasteiger partial charge in [-0.2, -0.15) is 0 Å². The van der Waals surface area contributed by atoms with Crippen molar-refractivity contribution >= 4 is 27.6 Å². The molecule has 2 N–H and O–H groups in total. The third kappa shape index (κ3) is 5.18. The molecule has 1 saturated heterocycles. The molecule has 0 spiro atoms. The molecule has 0 radical (unpaired) electrons. The lowest BCUT2D eigenvalue weighted by molar-refractivity contribution is 0.0931. The van der Waals surface area contributed by atoms with Crippen LogP contribution in [0.3, 0.4) is 0 Å². The van der Waals surface area contributed by atoms with Crippen LogP contribution < -0.4 is 14.9 Å². The number of amides is 1. The van der Waals surface area contributed by atoms with E-state index in [1.165, 1.54) is 12.1 Å². The number of nitrogens with zero attached hydrogens (tertiary/aromatic N) is 3. The molecule has 3 aromatic rings. The summed E-state index contributed by atoms with van der Waals surface area (Å²) in [4.78, 5) is 23.5. The van der Waals surface area contributed by atoms with Gasteiger partial charge in [0.1, 0.15) is 0 Å². The zero-order valence-electron chi connectivity index (χ0n) is 16.8. The summed E-state index contributed by atoms with van der Waals surface area (Å²) in [5.41, 5.74) is 0.745. The van der Waals surface area contributed by atoms with E-state index in [2.05, 4.69) is 24.9 Å². The van der Waals surface area contributed by atoms with E-state index in [-0.39, 0.29) is 16.8 Å². The predicted octanol–water partition coefficient (Wildman–Crippen LogP) is 2.68. The third-order valence-electron chi connectivity index (χ3n) is 5.10. The van der Waals surface area contributed by atoms with Gasteiger partial charge in [0.05, 0.1) is 4.90 Å². The number of sulfonamides is 1. The van der Waals surface area contributed by atoms with Crippen LogP contribution in [0.1, 0.15) is 23.2 Å². The molecule has 2 heterocycles. The van der Waals surface area contributed by atoms with Crippen LogP contribution in [0.5, 0.6) is 0 Å². The van der Waals surface area contributed by atoms with Crippen LogP contribution >= 0.6 is 0 Å². The van der Waals surface area contributed by atoms with Crippen molar-refractivity contribution in [3.63, 3.8) is 0 Å². The number of carbonyl (C=O) groups excluding carboxylic acids is 1. The van der Waals surface area contributed by atoms with Crippen molar-refractivity contribution in [1.29, 1.82) is 0 Å². The van der Waals surface area contributed by atoms with Gasteiger partial charge >= 0.3 is 0 Å². The monoisotopic (exact) mass is 437 g/mol. The highest BCUT2D eigenvalue weighted by Crippen LogP contribution is 2.19. The molecule has 0 bridgehead atoms. The molecule has 1 fully saturated rings. The summed E-state index contributed by atoms with van der Waals surface area (Å²) >= 11 is 0. The van der Waals surface area contributed by atoms with Gasteiger partial charge in [-0.05, 0) is 49.2 Å². The van der Waals surface area contributed by atoms with E-state index in [1.807, 2.05) is 0 Å². The molecule has 1 amide bonds. The highest BCUT2D eigenvalue weighted by molar-refractivity contribution is 7.92. The molecule has 9 heteroatoms. The van der Waals surface area contributed by atoms with Crippen LogP contribution in [-0.2, 0) is 10.0 Å². The van der Waals surface area contributed by atoms with Gasteiger partial charge in [0.2, 0.25) is 5.95 Å². The highest BCUT2D eigenvalue weighted by Gasteiger charge is 2.23. The molecule has 0 unspecified atom stereocenters. The van der Waals surface area contributed by atoms with E-state index < -0.39 is 10.0 Å². The van der Waals surface area contributed by atoms with Crippen molar-refractivity contribution in [2.24, 2.45) is 0 Å². The third-order valence-corrected chi connectivity index (χ3v) is 6.49. The molecule has 1 aliphatic heterocycles. The van der Waals surface area contributed by atoms with Gasteiger partial charge in [-0.3, -0.25) is 9.52 Å². The lowest BCUT2D eigenvalue weighted by Gasteiger charge is -2.32. The fourth-order valence-electron chi connectivity index (χ4n) is 3.48. The second kappa shape index (κ2) is 9.13. The standard InChI is InChI=1S/C22H23N5O3S/c28-21(25-18-10-14-27(15-11-18)22-23-12-5-13-24-22)17-6-4-7-19(16-17)26-31(29,30)20-8-2-1-3-9-20/h1-9,12-13,16,18,26H,10-11,14-15H2,(H,25,28). The van der Waals surface area contributed by atoms with Gasteiger partial charge < -0.3 is 10.2 Å². The number of hydrogen-bond donors (Lipinski definition) is 2. The smallest absolute Gasteiger partial charge is 0.261 e. The first-order chi connectivity index (χ1) is 15.0. The fourth-order valence-corrected chi connectivity index (χ4v) is 4.56. The summed E-state index contributed by atoms with van der Waals surface area (Å²) in [6, 6.07) is 16.4. The van der Waals surface area contributed by atoms with Crippen molar-refractivity contribution < 1.29 is 13.2 Å². The van der Waals surface area contributed by atoms with Crippen LogP contribution in [0, 0.1) is 0 Å². The average molecular weight is 438 g/mol. The zero-order chi connectivity index (χ0) is 21.7. The van der Waals surface area contributed by atoms with Crippen molar-refractivity contribution in [1.82, 2.24) is 15.3 Å². The highest BCUT2D eigenvalue weighted by atomic mass is 32.2. The Kier molecular flexibility index (Phi) is 6.13. The summed E-state index contributed by atoms with van der Waals surface area (Å²) in [6.07, 6.45) is 5.00. The maximum Gasteiger partial charge on any atom is 0.261 e. The molecule has 160 valence electrons. The average Bonchev–Trinajstić information content (AvgIpc) is 2.81. The number of carbonyl (C=O) groups is 1. The van der Waals surface area contributed by atoms with Crippen LogP contribution in [0.25, 0.3) is 0 Å². The van der Waals surface area contributed by atoms with Gasteiger partial charge in [-0.15, -0.1) is 0 Å². The van der Waals surface area contributed by atoms with Gasteiger partial charge in [0.25, 0.3) is 15.9 Å². The van der Waals surface area contributed by atoms with Crippen molar-refractivity contribution in [3.8, 4) is 0 Å². The van der Waals surface area contributed by atoms with Crippen LogP contribution in [0.15, 0.2) is 78.0 Å². The van der Waals surface area contributed by atoms with Gasteiger partial charge in [0, 0.05) is 42.8 Å². The first-order valence-corrected chi connectivity index (χ1v) is 11.5. The van der Waals surface area contributed by atoms with E-state index in [0.29, 0.717) is 17.2 Å². The molecule has 2 aromatic carbocycles. The van der Waals surface area contributed by atoms with Crippen LogP contribution in [-0.4, -0.2) is 43.4 Å². The Labute approximate surface area is 181 Å². The maximum absolute atomic E-state index is 12.7. The second-order valence-electron chi connectivity index (χ2n) is 7.28. The van der Waals surface area contributed by atoms with E-state index in [4.69, 9.17) is 0 Å². The Balaban J connectivity index is 1.37. The molecular weight excluding hydrogens is 414 g/mol. The number of anilines is 2. The Morgan fingerprint density at radius 3 is 2.35 bits per heavy atom. The van der Waals surface area contributed by atoms with E-state index in [9.17, 15) is 13.2 Å². The number of aromatic nitrogens is 2. The molecule has 0 atom stereocenters. The Hall–Kier alpha value is -3.46. The number of benzene rings is 2. The van der Waals surface area contributed by atoms with Gasteiger partial charge in [0.15, 0.2) is 0 Å². The normalized spacial score (nSPS) is 14.8. The zero-order valence-corrected chi connectivity index (χ0v) is 17.6. The fraction of sp³-hybridized carbons (Fsp3) is 0.227. The second-order valence-corrected chi connectivity index (χ2v) is 8.97. The van der Waals surface area contributed by atoms with E-state index in [0.717, 1.165) is 25.9 Å². The Morgan fingerprint density at radius 1 is 0.935 bits per heavy atom. The molecule has 1 aliphatic rings. The first kappa shape index (κ1) is 20.8. The summed E-state index contributed by atoms with van der Waals surface area (Å²) < 4.78 is 27.6. The number of piperidine rings is 1. The molecular formula is C22H23N5O3S. The largest absolute Gasteiger partial charge is 0.349 e. The molecule has 4 rings (SSSR count). The maximum atomic E-state index is 12.7. The minimum absolute atomic E-state index is 0.0390. The molecule has 31 heavy (non-hydrogen) atoms. The summed E-state index contributed by atoms with van der Waals surface area (Å²) in [6.45, 7) is 1.51. The Morgan fingerprint density at radius 2 is 1.65 bits per heavy atom. The topological polar surface area (TPSA) is 104 Å². The van der Waals surface area contributed by atoms with E-state index in [1.54, 1.807) is 60.9 Å². The van der Waals surface area contributed by atoms with Crippen LogP contribution in [0.4, 0.5) is 11.6 Å².